The number of rotatable bonds is 5. The molecule has 24 heavy (non-hydrogen) atoms. The van der Waals surface area contributed by atoms with E-state index < -0.39 is 0 Å². The number of carbonyl (C=O) groups excluding carboxylic acids is 1. The number of likely N-dealkylation sites (tertiary alicyclic amines) is 1. The second kappa shape index (κ2) is 7.23. The van der Waals surface area contributed by atoms with Gasteiger partial charge in [-0.05, 0) is 63.5 Å². The molecule has 3 heterocycles. The Morgan fingerprint density at radius 2 is 1.88 bits per heavy atom. The van der Waals surface area contributed by atoms with E-state index in [4.69, 9.17) is 4.42 Å². The molecule has 0 spiro atoms. The quantitative estimate of drug-likeness (QED) is 0.860. The van der Waals surface area contributed by atoms with Gasteiger partial charge >= 0.3 is 0 Å². The summed E-state index contributed by atoms with van der Waals surface area (Å²) in [4.78, 5) is 18.9. The Hall–Kier alpha value is -1.40. The largest absolute Gasteiger partial charge is 0.447 e. The number of nitrogens with zero attached hydrogens (tertiary/aromatic N) is 2. The first kappa shape index (κ1) is 16.1. The maximum absolute atomic E-state index is 12.6. The number of carbonyl (C=O) groups is 1. The topological polar surface area (TPSA) is 70.4 Å². The van der Waals surface area contributed by atoms with Crippen molar-refractivity contribution in [3.8, 4) is 0 Å². The molecular weight excluding hydrogens is 304 g/mol. The molecule has 0 aromatic carbocycles. The fourth-order valence-corrected chi connectivity index (χ4v) is 4.06. The molecule has 132 valence electrons. The summed E-state index contributed by atoms with van der Waals surface area (Å²) < 4.78 is 5.44. The molecular formula is C18H28N4O2. The second-order valence-electron chi connectivity index (χ2n) is 7.50. The van der Waals surface area contributed by atoms with Crippen molar-refractivity contribution in [2.75, 3.05) is 26.2 Å². The molecule has 2 saturated heterocycles. The summed E-state index contributed by atoms with van der Waals surface area (Å²) in [5.74, 6) is 2.28. The fraction of sp³-hybridized carbons (Fsp3) is 0.778. The van der Waals surface area contributed by atoms with Gasteiger partial charge in [0.2, 0.25) is 5.89 Å². The Bertz CT molecular complexity index is 555. The van der Waals surface area contributed by atoms with Crippen LogP contribution in [0.15, 0.2) is 10.7 Å². The van der Waals surface area contributed by atoms with E-state index in [9.17, 15) is 4.79 Å². The molecule has 6 nitrogen and oxygen atoms in total. The summed E-state index contributed by atoms with van der Waals surface area (Å²) >= 11 is 0. The van der Waals surface area contributed by atoms with Crippen molar-refractivity contribution >= 4 is 5.91 Å². The highest BCUT2D eigenvalue weighted by Gasteiger charge is 2.30. The van der Waals surface area contributed by atoms with Crippen molar-refractivity contribution in [1.82, 2.24) is 20.5 Å². The molecule has 1 aromatic heterocycles. The highest BCUT2D eigenvalue weighted by atomic mass is 16.3. The average Bonchev–Trinajstić information content (AvgIpc) is 3.36. The van der Waals surface area contributed by atoms with E-state index in [1.165, 1.54) is 31.9 Å². The summed E-state index contributed by atoms with van der Waals surface area (Å²) in [5.41, 5.74) is 0.461. The second-order valence-corrected chi connectivity index (χ2v) is 7.50. The van der Waals surface area contributed by atoms with Gasteiger partial charge in [0, 0.05) is 19.1 Å². The molecule has 0 bridgehead atoms. The summed E-state index contributed by atoms with van der Waals surface area (Å²) in [7, 11) is 0. The van der Waals surface area contributed by atoms with E-state index >= 15 is 0 Å². The van der Waals surface area contributed by atoms with Crippen molar-refractivity contribution in [3.05, 3.63) is 17.8 Å². The Morgan fingerprint density at radius 3 is 2.58 bits per heavy atom. The summed E-state index contributed by atoms with van der Waals surface area (Å²) in [6, 6.07) is 0.616. The highest BCUT2D eigenvalue weighted by Crippen LogP contribution is 2.31. The standard InChI is InChI=1S/C18H28N4O2/c23-18(16-12-24-17(21-16)11-20-15-1-2-15)22-9-5-14(6-10-22)13-3-7-19-8-4-13/h12-15,19-20H,1-11H2. The normalized spacial score (nSPS) is 23.6. The van der Waals surface area contributed by atoms with Gasteiger partial charge in [-0.1, -0.05) is 0 Å². The van der Waals surface area contributed by atoms with Crippen molar-refractivity contribution in [2.45, 2.75) is 51.1 Å². The van der Waals surface area contributed by atoms with Gasteiger partial charge < -0.3 is 20.0 Å². The van der Waals surface area contributed by atoms with Gasteiger partial charge in [0.25, 0.3) is 5.91 Å². The number of aromatic nitrogens is 1. The zero-order chi connectivity index (χ0) is 16.4. The van der Waals surface area contributed by atoms with Gasteiger partial charge in [-0.2, -0.15) is 0 Å². The molecule has 3 aliphatic rings. The molecule has 1 amide bonds. The van der Waals surface area contributed by atoms with Crippen molar-refractivity contribution in [3.63, 3.8) is 0 Å². The maximum Gasteiger partial charge on any atom is 0.275 e. The highest BCUT2D eigenvalue weighted by molar-refractivity contribution is 5.92. The van der Waals surface area contributed by atoms with Crippen LogP contribution in [0, 0.1) is 11.8 Å². The molecule has 0 atom stereocenters. The Labute approximate surface area is 143 Å². The first-order chi connectivity index (χ1) is 11.8. The minimum atomic E-state index is 0.0279. The lowest BCUT2D eigenvalue weighted by Crippen LogP contribution is -2.42. The van der Waals surface area contributed by atoms with E-state index in [1.807, 2.05) is 4.90 Å². The van der Waals surface area contributed by atoms with E-state index in [-0.39, 0.29) is 5.91 Å². The molecule has 1 aliphatic carbocycles. The number of piperidine rings is 2. The molecule has 3 fully saturated rings. The SMILES string of the molecule is O=C(c1coc(CNC2CC2)n1)N1CCC(C2CCNCC2)CC1. The van der Waals surface area contributed by atoms with Gasteiger partial charge in [-0.15, -0.1) is 0 Å². The van der Waals surface area contributed by atoms with Gasteiger partial charge in [0.15, 0.2) is 5.69 Å². The molecule has 4 rings (SSSR count). The third kappa shape index (κ3) is 3.81. The molecule has 6 heteroatoms. The average molecular weight is 332 g/mol. The first-order valence-electron chi connectivity index (χ1n) is 9.47. The van der Waals surface area contributed by atoms with Crippen LogP contribution in [0.2, 0.25) is 0 Å². The predicted molar refractivity (Wildman–Crippen MR) is 90.6 cm³/mol. The Morgan fingerprint density at radius 1 is 1.17 bits per heavy atom. The number of amides is 1. The van der Waals surface area contributed by atoms with Crippen molar-refractivity contribution in [1.29, 1.82) is 0 Å². The van der Waals surface area contributed by atoms with Crippen molar-refractivity contribution < 1.29 is 9.21 Å². The van der Waals surface area contributed by atoms with E-state index in [0.717, 1.165) is 50.9 Å². The van der Waals surface area contributed by atoms with Crippen LogP contribution in [-0.4, -0.2) is 48.0 Å². The van der Waals surface area contributed by atoms with Crippen LogP contribution in [0.5, 0.6) is 0 Å². The van der Waals surface area contributed by atoms with Crippen LogP contribution < -0.4 is 10.6 Å². The van der Waals surface area contributed by atoms with Crippen molar-refractivity contribution in [2.24, 2.45) is 11.8 Å². The predicted octanol–water partition coefficient (Wildman–Crippen LogP) is 1.78. The summed E-state index contributed by atoms with van der Waals surface area (Å²) in [6.07, 6.45) is 8.83. The lowest BCUT2D eigenvalue weighted by molar-refractivity contribution is 0.0636. The lowest BCUT2D eigenvalue weighted by Gasteiger charge is -2.37. The van der Waals surface area contributed by atoms with Crippen LogP contribution in [-0.2, 0) is 6.54 Å². The summed E-state index contributed by atoms with van der Waals surface area (Å²) in [5, 5.41) is 6.80. The van der Waals surface area contributed by atoms with E-state index in [2.05, 4.69) is 15.6 Å². The van der Waals surface area contributed by atoms with Crippen LogP contribution in [0.4, 0.5) is 0 Å². The number of hydrogen-bond donors (Lipinski definition) is 2. The first-order valence-corrected chi connectivity index (χ1v) is 9.47. The van der Waals surface area contributed by atoms with Gasteiger partial charge in [0.1, 0.15) is 6.26 Å². The van der Waals surface area contributed by atoms with Gasteiger partial charge in [-0.3, -0.25) is 4.79 Å². The van der Waals surface area contributed by atoms with E-state index in [1.54, 1.807) is 0 Å². The van der Waals surface area contributed by atoms with Crippen LogP contribution >= 0.6 is 0 Å². The molecule has 2 N–H and O–H groups in total. The molecule has 1 saturated carbocycles. The molecule has 0 radical (unpaired) electrons. The lowest BCUT2D eigenvalue weighted by atomic mass is 9.79. The molecule has 0 unspecified atom stereocenters. The zero-order valence-electron chi connectivity index (χ0n) is 14.3. The molecule has 1 aromatic rings. The van der Waals surface area contributed by atoms with Crippen LogP contribution in [0.25, 0.3) is 0 Å². The van der Waals surface area contributed by atoms with Crippen LogP contribution in [0.3, 0.4) is 0 Å². The minimum absolute atomic E-state index is 0.0279. The fourth-order valence-electron chi connectivity index (χ4n) is 4.06. The van der Waals surface area contributed by atoms with Crippen LogP contribution in [0.1, 0.15) is 54.9 Å². The zero-order valence-corrected chi connectivity index (χ0v) is 14.3. The Balaban J connectivity index is 1.27. The third-order valence-electron chi connectivity index (χ3n) is 5.77. The smallest absolute Gasteiger partial charge is 0.275 e. The van der Waals surface area contributed by atoms with E-state index in [0.29, 0.717) is 24.2 Å². The number of nitrogens with one attached hydrogen (secondary N) is 2. The number of oxazole rings is 1. The maximum atomic E-state index is 12.6. The minimum Gasteiger partial charge on any atom is -0.447 e. The van der Waals surface area contributed by atoms with Gasteiger partial charge in [0.05, 0.1) is 6.54 Å². The number of hydrogen-bond acceptors (Lipinski definition) is 5. The monoisotopic (exact) mass is 332 g/mol. The molecule has 2 aliphatic heterocycles. The third-order valence-corrected chi connectivity index (χ3v) is 5.77. The Kier molecular flexibility index (Phi) is 4.85. The summed E-state index contributed by atoms with van der Waals surface area (Å²) in [6.45, 7) is 4.64. The van der Waals surface area contributed by atoms with Gasteiger partial charge in [-0.25, -0.2) is 4.98 Å².